The largest absolute Gasteiger partial charge is 0.417 e. The number of alkyl halides is 3. The Bertz CT molecular complexity index is 329. The van der Waals surface area contributed by atoms with Crippen molar-refractivity contribution < 1.29 is 17.6 Å². The summed E-state index contributed by atoms with van der Waals surface area (Å²) in [6.07, 6.45) is -4.06. The van der Waals surface area contributed by atoms with Crippen LogP contribution in [0.15, 0.2) is 18.2 Å². The molecule has 70 valence electrons. The van der Waals surface area contributed by atoms with Gasteiger partial charge in [0.15, 0.2) is 0 Å². The second kappa shape index (κ2) is 3.16. The molecule has 0 atom stereocenters. The maximum absolute atomic E-state index is 12.5. The van der Waals surface area contributed by atoms with Gasteiger partial charge in [0.2, 0.25) is 0 Å². The highest BCUT2D eigenvalue weighted by Crippen LogP contribution is 2.31. The molecule has 1 rings (SSSR count). The van der Waals surface area contributed by atoms with Crippen LogP contribution < -0.4 is 0 Å². The molecule has 0 aliphatic heterocycles. The third-order valence-electron chi connectivity index (χ3n) is 1.47. The second-order valence-electron chi connectivity index (χ2n) is 2.37. The summed E-state index contributed by atoms with van der Waals surface area (Å²) >= 11 is 0. The van der Waals surface area contributed by atoms with E-state index < -0.39 is 23.1 Å². The van der Waals surface area contributed by atoms with Gasteiger partial charge in [-0.15, -0.1) is 0 Å². The van der Waals surface area contributed by atoms with E-state index in [0.29, 0.717) is 18.3 Å². The minimum Gasteiger partial charge on any atom is -0.308 e. The molecule has 0 spiro atoms. The lowest BCUT2D eigenvalue weighted by Gasteiger charge is -2.08. The Hall–Kier alpha value is -1.39. The van der Waals surface area contributed by atoms with Crippen LogP contribution in [0.1, 0.15) is 11.1 Å². The summed E-state index contributed by atoms with van der Waals surface area (Å²) < 4.78 is 48.9. The molecule has 0 aliphatic carbocycles. The molecule has 1 N–H and O–H groups in total. The fourth-order valence-electron chi connectivity index (χ4n) is 0.911. The van der Waals surface area contributed by atoms with Gasteiger partial charge in [0.05, 0.1) is 5.56 Å². The summed E-state index contributed by atoms with van der Waals surface area (Å²) in [6.45, 7) is 0. The first kappa shape index (κ1) is 9.70. The average molecular weight is 191 g/mol. The van der Waals surface area contributed by atoms with E-state index in [1.807, 2.05) is 0 Å². The molecule has 0 aromatic heterocycles. The van der Waals surface area contributed by atoms with Crippen molar-refractivity contribution in [1.82, 2.24) is 0 Å². The van der Waals surface area contributed by atoms with Crippen molar-refractivity contribution >= 4 is 6.21 Å². The van der Waals surface area contributed by atoms with E-state index in [-0.39, 0.29) is 0 Å². The van der Waals surface area contributed by atoms with Crippen molar-refractivity contribution in [2.75, 3.05) is 0 Å². The first-order valence-corrected chi connectivity index (χ1v) is 3.32. The molecule has 0 unspecified atom stereocenters. The lowest BCUT2D eigenvalue weighted by molar-refractivity contribution is -0.137. The van der Waals surface area contributed by atoms with Crippen molar-refractivity contribution in [3.63, 3.8) is 0 Å². The van der Waals surface area contributed by atoms with Gasteiger partial charge >= 0.3 is 6.18 Å². The Balaban J connectivity index is 3.29. The van der Waals surface area contributed by atoms with Crippen molar-refractivity contribution in [3.05, 3.63) is 35.1 Å². The van der Waals surface area contributed by atoms with E-state index in [2.05, 4.69) is 0 Å². The summed E-state index contributed by atoms with van der Waals surface area (Å²) in [5.74, 6) is -0.786. The van der Waals surface area contributed by atoms with Gasteiger partial charge in [-0.1, -0.05) is 0 Å². The molecule has 13 heavy (non-hydrogen) atoms. The fourth-order valence-corrected chi connectivity index (χ4v) is 0.911. The van der Waals surface area contributed by atoms with E-state index in [9.17, 15) is 17.6 Å². The van der Waals surface area contributed by atoms with E-state index >= 15 is 0 Å². The van der Waals surface area contributed by atoms with Crippen LogP contribution in [0.5, 0.6) is 0 Å². The van der Waals surface area contributed by atoms with Crippen LogP contribution in [0.3, 0.4) is 0 Å². The van der Waals surface area contributed by atoms with E-state index in [1.165, 1.54) is 0 Å². The standard InChI is InChI=1S/C8H5F4N/c9-6-1-2-7(8(10,11)12)5(3-6)4-13/h1-4,13H. The van der Waals surface area contributed by atoms with Gasteiger partial charge in [0.1, 0.15) is 5.82 Å². The summed E-state index contributed by atoms with van der Waals surface area (Å²) in [5.41, 5.74) is -1.46. The zero-order valence-electron chi connectivity index (χ0n) is 6.32. The van der Waals surface area contributed by atoms with E-state index in [0.717, 1.165) is 6.07 Å². The first-order valence-electron chi connectivity index (χ1n) is 3.32. The topological polar surface area (TPSA) is 23.9 Å². The molecular weight excluding hydrogens is 186 g/mol. The predicted molar refractivity (Wildman–Crippen MR) is 39.3 cm³/mol. The molecule has 5 heteroatoms. The predicted octanol–water partition coefficient (Wildman–Crippen LogP) is 2.84. The number of nitrogens with one attached hydrogen (secondary N) is 1. The second-order valence-corrected chi connectivity index (χ2v) is 2.37. The van der Waals surface area contributed by atoms with E-state index in [4.69, 9.17) is 5.41 Å². The third kappa shape index (κ3) is 2.05. The zero-order valence-corrected chi connectivity index (χ0v) is 6.32. The monoisotopic (exact) mass is 191 g/mol. The number of halogens is 4. The van der Waals surface area contributed by atoms with Crippen molar-refractivity contribution in [3.8, 4) is 0 Å². The third-order valence-corrected chi connectivity index (χ3v) is 1.47. The van der Waals surface area contributed by atoms with Crippen molar-refractivity contribution in [2.24, 2.45) is 0 Å². The Labute approximate surface area is 71.5 Å². The summed E-state index contributed by atoms with van der Waals surface area (Å²) in [7, 11) is 0. The Morgan fingerprint density at radius 3 is 2.31 bits per heavy atom. The summed E-state index contributed by atoms with van der Waals surface area (Å²) in [5, 5.41) is 6.67. The smallest absolute Gasteiger partial charge is 0.308 e. The average Bonchev–Trinajstić information content (AvgIpc) is 2.01. The van der Waals surface area contributed by atoms with Gasteiger partial charge < -0.3 is 5.41 Å². The minimum absolute atomic E-state index is 0.465. The molecule has 0 fully saturated rings. The van der Waals surface area contributed by atoms with Crippen molar-refractivity contribution in [2.45, 2.75) is 6.18 Å². The number of benzene rings is 1. The lowest BCUT2D eigenvalue weighted by atomic mass is 10.1. The zero-order chi connectivity index (χ0) is 10.1. The van der Waals surface area contributed by atoms with Crippen LogP contribution in [0, 0.1) is 11.2 Å². The highest BCUT2D eigenvalue weighted by atomic mass is 19.4. The van der Waals surface area contributed by atoms with Crippen molar-refractivity contribution in [1.29, 1.82) is 5.41 Å². The fraction of sp³-hybridized carbons (Fsp3) is 0.125. The molecule has 0 amide bonds. The van der Waals surface area contributed by atoms with Gasteiger partial charge in [-0.05, 0) is 18.2 Å². The van der Waals surface area contributed by atoms with Gasteiger partial charge in [-0.2, -0.15) is 13.2 Å². The SMILES string of the molecule is N=Cc1cc(F)ccc1C(F)(F)F. The quantitative estimate of drug-likeness (QED) is 0.521. The molecule has 0 saturated heterocycles. The highest BCUT2D eigenvalue weighted by Gasteiger charge is 2.32. The van der Waals surface area contributed by atoms with Crippen LogP contribution in [-0.2, 0) is 6.18 Å². The molecule has 0 heterocycles. The van der Waals surface area contributed by atoms with E-state index in [1.54, 1.807) is 0 Å². The molecule has 0 bridgehead atoms. The van der Waals surface area contributed by atoms with Crippen LogP contribution in [-0.4, -0.2) is 6.21 Å². The van der Waals surface area contributed by atoms with Gasteiger partial charge in [-0.3, -0.25) is 0 Å². The molecule has 0 saturated carbocycles. The maximum atomic E-state index is 12.5. The van der Waals surface area contributed by atoms with Gasteiger partial charge in [0, 0.05) is 11.8 Å². The normalized spacial score (nSPS) is 11.4. The minimum atomic E-state index is -4.54. The number of rotatable bonds is 1. The summed E-state index contributed by atoms with van der Waals surface area (Å²) in [4.78, 5) is 0. The van der Waals surface area contributed by atoms with Crippen LogP contribution in [0.2, 0.25) is 0 Å². The molecular formula is C8H5F4N. The molecule has 1 aromatic carbocycles. The first-order chi connectivity index (χ1) is 5.95. The molecule has 1 aromatic rings. The van der Waals surface area contributed by atoms with Gasteiger partial charge in [-0.25, -0.2) is 4.39 Å². The lowest BCUT2D eigenvalue weighted by Crippen LogP contribution is -2.08. The molecule has 0 radical (unpaired) electrons. The Morgan fingerprint density at radius 1 is 1.23 bits per heavy atom. The van der Waals surface area contributed by atoms with Crippen LogP contribution in [0.4, 0.5) is 17.6 Å². The number of hydrogen-bond acceptors (Lipinski definition) is 1. The number of hydrogen-bond donors (Lipinski definition) is 1. The molecule has 0 aliphatic rings. The molecule has 1 nitrogen and oxygen atoms in total. The Kier molecular flexibility index (Phi) is 2.36. The highest BCUT2D eigenvalue weighted by molar-refractivity contribution is 5.79. The van der Waals surface area contributed by atoms with Gasteiger partial charge in [0.25, 0.3) is 0 Å². The summed E-state index contributed by atoms with van der Waals surface area (Å²) in [6, 6.07) is 2.02. The van der Waals surface area contributed by atoms with Crippen LogP contribution >= 0.6 is 0 Å². The maximum Gasteiger partial charge on any atom is 0.417 e. The van der Waals surface area contributed by atoms with Crippen LogP contribution in [0.25, 0.3) is 0 Å². The Morgan fingerprint density at radius 2 is 1.85 bits per heavy atom.